The number of halogens is 2. The van der Waals surface area contributed by atoms with Crippen LogP contribution in [0, 0.1) is 12.7 Å². The van der Waals surface area contributed by atoms with Crippen molar-refractivity contribution >= 4 is 34.3 Å². The molecule has 5 rings (SSSR count). The molecular formula is C23H14ClFN2O3. The number of pyridine rings is 1. The van der Waals surface area contributed by atoms with Crippen LogP contribution in [0.5, 0.6) is 0 Å². The number of aromatic nitrogens is 1. The van der Waals surface area contributed by atoms with Crippen LogP contribution in [0.15, 0.2) is 70.0 Å². The predicted octanol–water partition coefficient (Wildman–Crippen LogP) is 5.04. The number of benzene rings is 2. The van der Waals surface area contributed by atoms with E-state index in [-0.39, 0.29) is 27.7 Å². The summed E-state index contributed by atoms with van der Waals surface area (Å²) in [4.78, 5) is 32.5. The molecule has 2 aromatic carbocycles. The number of amides is 1. The Balaban J connectivity index is 1.83. The summed E-state index contributed by atoms with van der Waals surface area (Å²) < 4.78 is 19.4. The van der Waals surface area contributed by atoms with Crippen molar-refractivity contribution in [1.29, 1.82) is 0 Å². The highest BCUT2D eigenvalue weighted by atomic mass is 35.5. The average Bonchev–Trinajstić information content (AvgIpc) is 3.02. The van der Waals surface area contributed by atoms with Crippen molar-refractivity contribution in [3.63, 3.8) is 0 Å². The summed E-state index contributed by atoms with van der Waals surface area (Å²) in [5.41, 5.74) is 1.57. The maximum atomic E-state index is 13.6. The quantitative estimate of drug-likeness (QED) is 0.456. The fourth-order valence-electron chi connectivity index (χ4n) is 3.79. The molecule has 1 amide bonds. The number of fused-ring (bicyclic) bond motifs is 2. The normalized spacial score (nSPS) is 15.6. The SMILES string of the molecule is Cc1ccnc(N2C(=O)c3oc4ccc(Cl)cc4c(=O)c3[C@H]2c2ccc(F)cc2)c1. The van der Waals surface area contributed by atoms with Crippen LogP contribution in [0.2, 0.25) is 5.02 Å². The molecule has 30 heavy (non-hydrogen) atoms. The number of aryl methyl sites for hydroxylation is 1. The lowest BCUT2D eigenvalue weighted by Gasteiger charge is -2.24. The third kappa shape index (κ3) is 2.80. The van der Waals surface area contributed by atoms with Gasteiger partial charge in [0, 0.05) is 11.2 Å². The number of hydrogen-bond acceptors (Lipinski definition) is 4. The fourth-order valence-corrected chi connectivity index (χ4v) is 3.97. The van der Waals surface area contributed by atoms with Crippen LogP contribution in [0.25, 0.3) is 11.0 Å². The average molecular weight is 421 g/mol. The summed E-state index contributed by atoms with van der Waals surface area (Å²) in [6.45, 7) is 1.88. The van der Waals surface area contributed by atoms with Gasteiger partial charge in [0.15, 0.2) is 5.43 Å². The van der Waals surface area contributed by atoms with Gasteiger partial charge < -0.3 is 4.42 Å². The zero-order chi connectivity index (χ0) is 21.0. The molecule has 0 radical (unpaired) electrons. The maximum absolute atomic E-state index is 13.6. The highest BCUT2D eigenvalue weighted by Crippen LogP contribution is 2.40. The van der Waals surface area contributed by atoms with Gasteiger partial charge in [-0.3, -0.25) is 14.5 Å². The number of carbonyl (C=O) groups is 1. The Hall–Kier alpha value is -3.51. The zero-order valence-electron chi connectivity index (χ0n) is 15.7. The van der Waals surface area contributed by atoms with E-state index in [2.05, 4.69) is 4.98 Å². The molecule has 0 spiro atoms. The molecule has 3 heterocycles. The number of nitrogens with zero attached hydrogens (tertiary/aromatic N) is 2. The summed E-state index contributed by atoms with van der Waals surface area (Å²) in [7, 11) is 0. The molecule has 0 saturated carbocycles. The molecule has 4 aromatic rings. The van der Waals surface area contributed by atoms with E-state index >= 15 is 0 Å². The summed E-state index contributed by atoms with van der Waals surface area (Å²) in [5, 5.41) is 0.662. The van der Waals surface area contributed by atoms with Crippen LogP contribution in [-0.4, -0.2) is 10.9 Å². The van der Waals surface area contributed by atoms with E-state index in [0.717, 1.165) is 5.56 Å². The number of rotatable bonds is 2. The molecule has 2 aromatic heterocycles. The Morgan fingerprint density at radius 2 is 1.83 bits per heavy atom. The van der Waals surface area contributed by atoms with Crippen molar-refractivity contribution in [3.8, 4) is 0 Å². The smallest absolute Gasteiger partial charge is 0.296 e. The molecule has 1 aliphatic rings. The Morgan fingerprint density at radius 1 is 1.07 bits per heavy atom. The predicted molar refractivity (Wildman–Crippen MR) is 112 cm³/mol. The van der Waals surface area contributed by atoms with Gasteiger partial charge in [-0.25, -0.2) is 9.37 Å². The molecule has 0 fully saturated rings. The van der Waals surface area contributed by atoms with Gasteiger partial charge in [0.25, 0.3) is 5.91 Å². The van der Waals surface area contributed by atoms with E-state index in [9.17, 15) is 14.0 Å². The van der Waals surface area contributed by atoms with E-state index in [0.29, 0.717) is 16.4 Å². The summed E-state index contributed by atoms with van der Waals surface area (Å²) in [6.07, 6.45) is 1.59. The largest absolute Gasteiger partial charge is 0.450 e. The Morgan fingerprint density at radius 3 is 2.57 bits per heavy atom. The first kappa shape index (κ1) is 18.5. The number of anilines is 1. The third-order valence-electron chi connectivity index (χ3n) is 5.17. The fraction of sp³-hybridized carbons (Fsp3) is 0.0870. The van der Waals surface area contributed by atoms with E-state index in [1.165, 1.54) is 23.1 Å². The van der Waals surface area contributed by atoms with Gasteiger partial charge >= 0.3 is 0 Å². The molecule has 0 bridgehead atoms. The second-order valence-corrected chi connectivity index (χ2v) is 7.57. The molecule has 0 aliphatic carbocycles. The second kappa shape index (κ2) is 6.78. The van der Waals surface area contributed by atoms with Crippen LogP contribution in [0.1, 0.15) is 33.3 Å². The Labute approximate surface area is 175 Å². The first-order valence-corrected chi connectivity index (χ1v) is 9.60. The highest BCUT2D eigenvalue weighted by Gasteiger charge is 2.44. The summed E-state index contributed by atoms with van der Waals surface area (Å²) in [6, 6.07) is 13.1. The van der Waals surface area contributed by atoms with Crippen molar-refractivity contribution in [3.05, 3.63) is 104 Å². The van der Waals surface area contributed by atoms with Crippen LogP contribution < -0.4 is 10.3 Å². The standard InChI is InChI=1S/C23H14ClFN2O3/c1-12-8-9-26-18(10-12)27-20(13-2-5-15(25)6-3-13)19-21(28)16-11-14(24)4-7-17(16)30-22(19)23(27)29/h2-11,20H,1H3/t20-/m1/s1. The minimum atomic E-state index is -0.804. The third-order valence-corrected chi connectivity index (χ3v) is 5.40. The van der Waals surface area contributed by atoms with Crippen LogP contribution in [-0.2, 0) is 0 Å². The zero-order valence-corrected chi connectivity index (χ0v) is 16.5. The van der Waals surface area contributed by atoms with Crippen LogP contribution in [0.4, 0.5) is 10.2 Å². The maximum Gasteiger partial charge on any atom is 0.296 e. The van der Waals surface area contributed by atoms with Gasteiger partial charge in [-0.05, 0) is 60.5 Å². The molecule has 148 valence electrons. The number of hydrogen-bond donors (Lipinski definition) is 0. The first-order valence-electron chi connectivity index (χ1n) is 9.22. The first-order chi connectivity index (χ1) is 14.4. The number of carbonyl (C=O) groups excluding carboxylic acids is 1. The molecule has 0 saturated heterocycles. The van der Waals surface area contributed by atoms with E-state index in [1.807, 2.05) is 13.0 Å². The molecule has 0 unspecified atom stereocenters. The van der Waals surface area contributed by atoms with Crippen LogP contribution >= 0.6 is 11.6 Å². The molecule has 7 heteroatoms. The van der Waals surface area contributed by atoms with Crippen LogP contribution in [0.3, 0.4) is 0 Å². The second-order valence-electron chi connectivity index (χ2n) is 7.14. The highest BCUT2D eigenvalue weighted by molar-refractivity contribution is 6.31. The van der Waals surface area contributed by atoms with Crippen molar-refractivity contribution < 1.29 is 13.6 Å². The lowest BCUT2D eigenvalue weighted by atomic mass is 9.98. The topological polar surface area (TPSA) is 63.4 Å². The van der Waals surface area contributed by atoms with Gasteiger partial charge in [0.1, 0.15) is 17.2 Å². The van der Waals surface area contributed by atoms with Gasteiger partial charge in [-0.2, -0.15) is 0 Å². The van der Waals surface area contributed by atoms with Crippen molar-refractivity contribution in [2.24, 2.45) is 0 Å². The molecular weight excluding hydrogens is 407 g/mol. The molecule has 0 N–H and O–H groups in total. The molecule has 5 nitrogen and oxygen atoms in total. The summed E-state index contributed by atoms with van der Waals surface area (Å²) in [5.74, 6) is -0.568. The monoisotopic (exact) mass is 420 g/mol. The Bertz CT molecular complexity index is 1380. The minimum absolute atomic E-state index is 0.0487. The van der Waals surface area contributed by atoms with E-state index in [4.69, 9.17) is 16.0 Å². The van der Waals surface area contributed by atoms with Gasteiger partial charge in [-0.1, -0.05) is 23.7 Å². The molecule has 1 atom stereocenters. The van der Waals surface area contributed by atoms with Crippen molar-refractivity contribution in [2.75, 3.05) is 4.90 Å². The lowest BCUT2D eigenvalue weighted by Crippen LogP contribution is -2.30. The van der Waals surface area contributed by atoms with Gasteiger partial charge in [0.05, 0.1) is 17.0 Å². The minimum Gasteiger partial charge on any atom is -0.450 e. The van der Waals surface area contributed by atoms with Crippen molar-refractivity contribution in [2.45, 2.75) is 13.0 Å². The Kier molecular flexibility index (Phi) is 4.18. The van der Waals surface area contributed by atoms with Gasteiger partial charge in [-0.15, -0.1) is 0 Å². The molecule has 1 aliphatic heterocycles. The van der Waals surface area contributed by atoms with Crippen molar-refractivity contribution in [1.82, 2.24) is 4.98 Å². The summed E-state index contributed by atoms with van der Waals surface area (Å²) >= 11 is 6.07. The van der Waals surface area contributed by atoms with E-state index in [1.54, 1.807) is 36.5 Å². The van der Waals surface area contributed by atoms with E-state index < -0.39 is 17.8 Å². The lowest BCUT2D eigenvalue weighted by molar-refractivity contribution is 0.0970. The van der Waals surface area contributed by atoms with Gasteiger partial charge in [0.2, 0.25) is 5.76 Å².